The Morgan fingerprint density at radius 2 is 1.72 bits per heavy atom. The minimum absolute atomic E-state index is 0.00185. The van der Waals surface area contributed by atoms with Crippen molar-refractivity contribution in [1.29, 1.82) is 0 Å². The quantitative estimate of drug-likeness (QED) is 0.566. The SMILES string of the molecule is CCNC(=O)[C@@H](CC)N(CCc1ccccc1)C(=O)CSCc1ccc(Cl)cc1. The number of carbonyl (C=O) groups excluding carboxylic acids is 2. The van der Waals surface area contributed by atoms with Crippen LogP contribution >= 0.6 is 23.4 Å². The Morgan fingerprint density at radius 3 is 2.34 bits per heavy atom. The van der Waals surface area contributed by atoms with E-state index < -0.39 is 6.04 Å². The number of benzene rings is 2. The molecule has 0 radical (unpaired) electrons. The largest absolute Gasteiger partial charge is 0.355 e. The molecule has 1 N–H and O–H groups in total. The van der Waals surface area contributed by atoms with Crippen molar-refractivity contribution in [3.8, 4) is 0 Å². The third kappa shape index (κ3) is 7.75. The summed E-state index contributed by atoms with van der Waals surface area (Å²) in [5.74, 6) is 0.984. The smallest absolute Gasteiger partial charge is 0.242 e. The predicted octanol–water partition coefficient (Wildman–Crippen LogP) is 4.56. The molecule has 0 bridgehead atoms. The highest BCUT2D eigenvalue weighted by atomic mass is 35.5. The molecule has 2 rings (SSSR count). The lowest BCUT2D eigenvalue weighted by Gasteiger charge is -2.30. The normalized spacial score (nSPS) is 11.7. The van der Waals surface area contributed by atoms with E-state index in [1.165, 1.54) is 0 Å². The van der Waals surface area contributed by atoms with E-state index in [0.717, 1.165) is 23.3 Å². The van der Waals surface area contributed by atoms with Crippen LogP contribution in [0.3, 0.4) is 0 Å². The molecule has 0 heterocycles. The Kier molecular flexibility index (Phi) is 10.1. The number of thioether (sulfide) groups is 1. The monoisotopic (exact) mass is 432 g/mol. The third-order valence-electron chi connectivity index (χ3n) is 4.63. The fourth-order valence-corrected chi connectivity index (χ4v) is 4.10. The van der Waals surface area contributed by atoms with Gasteiger partial charge >= 0.3 is 0 Å². The van der Waals surface area contributed by atoms with Crippen LogP contribution in [0.1, 0.15) is 31.4 Å². The molecule has 0 unspecified atom stereocenters. The van der Waals surface area contributed by atoms with Crippen molar-refractivity contribution in [2.45, 2.75) is 38.5 Å². The standard InChI is InChI=1S/C23H29ClN2O2S/c1-3-21(23(28)25-4-2)26(15-14-18-8-6-5-7-9-18)22(27)17-29-16-19-10-12-20(24)13-11-19/h5-13,21H,3-4,14-17H2,1-2H3,(H,25,28)/t21-/m1/s1. The molecule has 2 aromatic carbocycles. The lowest BCUT2D eigenvalue weighted by Crippen LogP contribution is -2.50. The average Bonchev–Trinajstić information content (AvgIpc) is 2.73. The number of rotatable bonds is 11. The molecule has 4 nitrogen and oxygen atoms in total. The summed E-state index contributed by atoms with van der Waals surface area (Å²) < 4.78 is 0. The van der Waals surface area contributed by atoms with Crippen LogP contribution in [0.5, 0.6) is 0 Å². The van der Waals surface area contributed by atoms with Crippen LogP contribution in [0, 0.1) is 0 Å². The molecule has 0 aliphatic rings. The van der Waals surface area contributed by atoms with Crippen molar-refractivity contribution in [1.82, 2.24) is 10.2 Å². The van der Waals surface area contributed by atoms with Crippen LogP contribution in [0.15, 0.2) is 54.6 Å². The first-order chi connectivity index (χ1) is 14.0. The van der Waals surface area contributed by atoms with Crippen molar-refractivity contribution in [2.24, 2.45) is 0 Å². The highest BCUT2D eigenvalue weighted by molar-refractivity contribution is 7.99. The topological polar surface area (TPSA) is 49.4 Å². The summed E-state index contributed by atoms with van der Waals surface area (Å²) in [5.41, 5.74) is 2.28. The average molecular weight is 433 g/mol. The first kappa shape index (κ1) is 23.3. The highest BCUT2D eigenvalue weighted by Gasteiger charge is 2.27. The molecular weight excluding hydrogens is 404 g/mol. The molecule has 6 heteroatoms. The second-order valence-corrected chi connectivity index (χ2v) is 8.18. The fourth-order valence-electron chi connectivity index (χ4n) is 3.11. The fraction of sp³-hybridized carbons (Fsp3) is 0.391. The van der Waals surface area contributed by atoms with Gasteiger partial charge < -0.3 is 10.2 Å². The van der Waals surface area contributed by atoms with Gasteiger partial charge in [-0.15, -0.1) is 11.8 Å². The summed E-state index contributed by atoms with van der Waals surface area (Å²) in [6.45, 7) is 4.92. The van der Waals surface area contributed by atoms with Crippen molar-refractivity contribution >= 4 is 35.2 Å². The van der Waals surface area contributed by atoms with Crippen LogP contribution in [0.2, 0.25) is 5.02 Å². The number of hydrogen-bond donors (Lipinski definition) is 1. The summed E-state index contributed by atoms with van der Waals surface area (Å²) in [5, 5.41) is 3.57. The van der Waals surface area contributed by atoms with Gasteiger partial charge in [0, 0.05) is 23.9 Å². The Balaban J connectivity index is 2.02. The number of likely N-dealkylation sites (N-methyl/N-ethyl adjacent to an activating group) is 1. The summed E-state index contributed by atoms with van der Waals surface area (Å²) in [7, 11) is 0. The molecule has 0 aliphatic carbocycles. The highest BCUT2D eigenvalue weighted by Crippen LogP contribution is 2.17. The van der Waals surface area contributed by atoms with Gasteiger partial charge in [0.1, 0.15) is 6.04 Å². The lowest BCUT2D eigenvalue weighted by molar-refractivity contribution is -0.138. The van der Waals surface area contributed by atoms with Gasteiger partial charge in [-0.25, -0.2) is 0 Å². The van der Waals surface area contributed by atoms with E-state index in [9.17, 15) is 9.59 Å². The van der Waals surface area contributed by atoms with E-state index in [2.05, 4.69) is 5.32 Å². The van der Waals surface area contributed by atoms with Gasteiger partial charge in [0.05, 0.1) is 5.75 Å². The summed E-state index contributed by atoms with van der Waals surface area (Å²) in [4.78, 5) is 27.3. The van der Waals surface area contributed by atoms with Gasteiger partial charge in [0.15, 0.2) is 0 Å². The maximum Gasteiger partial charge on any atom is 0.242 e. The summed E-state index contributed by atoms with van der Waals surface area (Å²) in [6.07, 6.45) is 1.32. The molecule has 0 saturated carbocycles. The number of carbonyl (C=O) groups is 2. The van der Waals surface area contributed by atoms with E-state index in [-0.39, 0.29) is 11.8 Å². The molecular formula is C23H29ClN2O2S. The van der Waals surface area contributed by atoms with Crippen molar-refractivity contribution in [3.63, 3.8) is 0 Å². The molecule has 0 saturated heterocycles. The maximum absolute atomic E-state index is 13.0. The van der Waals surface area contributed by atoms with E-state index in [0.29, 0.717) is 30.3 Å². The Bertz CT molecular complexity index is 768. The summed E-state index contributed by atoms with van der Waals surface area (Å²) >= 11 is 7.48. The van der Waals surface area contributed by atoms with Gasteiger partial charge in [-0.1, -0.05) is 61.0 Å². The van der Waals surface area contributed by atoms with Crippen LogP contribution in [0.25, 0.3) is 0 Å². The zero-order valence-corrected chi connectivity index (χ0v) is 18.6. The van der Waals surface area contributed by atoms with E-state index in [1.54, 1.807) is 16.7 Å². The minimum Gasteiger partial charge on any atom is -0.355 e. The van der Waals surface area contributed by atoms with Crippen molar-refractivity contribution < 1.29 is 9.59 Å². The van der Waals surface area contributed by atoms with Crippen LogP contribution in [-0.2, 0) is 21.8 Å². The molecule has 29 heavy (non-hydrogen) atoms. The van der Waals surface area contributed by atoms with Crippen molar-refractivity contribution in [3.05, 3.63) is 70.7 Å². The zero-order chi connectivity index (χ0) is 21.1. The number of halogens is 1. The summed E-state index contributed by atoms with van der Waals surface area (Å²) in [6, 6.07) is 17.3. The van der Waals surface area contributed by atoms with Crippen LogP contribution in [0.4, 0.5) is 0 Å². The number of nitrogens with zero attached hydrogens (tertiary/aromatic N) is 1. The molecule has 0 spiro atoms. The third-order valence-corrected chi connectivity index (χ3v) is 5.87. The molecule has 0 fully saturated rings. The van der Waals surface area contributed by atoms with Crippen LogP contribution in [-0.4, -0.2) is 41.6 Å². The first-order valence-corrected chi connectivity index (χ1v) is 11.5. The first-order valence-electron chi connectivity index (χ1n) is 9.98. The van der Waals surface area contributed by atoms with Gasteiger partial charge in [0.2, 0.25) is 11.8 Å². The second-order valence-electron chi connectivity index (χ2n) is 6.76. The Morgan fingerprint density at radius 1 is 1.03 bits per heavy atom. The van der Waals surface area contributed by atoms with Gasteiger partial charge in [-0.05, 0) is 43.0 Å². The number of amides is 2. The van der Waals surface area contributed by atoms with E-state index >= 15 is 0 Å². The number of hydrogen-bond acceptors (Lipinski definition) is 3. The predicted molar refractivity (Wildman–Crippen MR) is 122 cm³/mol. The zero-order valence-electron chi connectivity index (χ0n) is 17.1. The molecule has 2 aromatic rings. The maximum atomic E-state index is 13.0. The number of nitrogens with one attached hydrogen (secondary N) is 1. The van der Waals surface area contributed by atoms with E-state index in [1.807, 2.05) is 68.4 Å². The minimum atomic E-state index is -0.442. The Hall–Kier alpha value is -1.98. The van der Waals surface area contributed by atoms with Gasteiger partial charge in [-0.3, -0.25) is 9.59 Å². The van der Waals surface area contributed by atoms with Crippen molar-refractivity contribution in [2.75, 3.05) is 18.8 Å². The molecule has 1 atom stereocenters. The Labute approximate surface area is 183 Å². The van der Waals surface area contributed by atoms with Gasteiger partial charge in [0.25, 0.3) is 0 Å². The molecule has 0 aromatic heterocycles. The second kappa shape index (κ2) is 12.6. The molecule has 156 valence electrons. The molecule has 2 amide bonds. The van der Waals surface area contributed by atoms with E-state index in [4.69, 9.17) is 11.6 Å². The van der Waals surface area contributed by atoms with Gasteiger partial charge in [-0.2, -0.15) is 0 Å². The lowest BCUT2D eigenvalue weighted by atomic mass is 10.1. The van der Waals surface area contributed by atoms with Crippen LogP contribution < -0.4 is 5.32 Å². The molecule has 0 aliphatic heterocycles.